The average molecular weight is 246 g/mol. The molecule has 2 amide bonds. The maximum Gasteiger partial charge on any atom is 0.315 e. The fourth-order valence-electron chi connectivity index (χ4n) is 2.35. The largest absolute Gasteiger partial charge is 0.336 e. The van der Waals surface area contributed by atoms with Gasteiger partial charge in [0, 0.05) is 6.04 Å². The summed E-state index contributed by atoms with van der Waals surface area (Å²) >= 11 is 0. The fourth-order valence-corrected chi connectivity index (χ4v) is 2.35. The van der Waals surface area contributed by atoms with Crippen LogP contribution in [-0.2, 0) is 5.54 Å². The van der Waals surface area contributed by atoms with Crippen molar-refractivity contribution in [3.8, 4) is 0 Å². The van der Waals surface area contributed by atoms with Crippen LogP contribution < -0.4 is 10.6 Å². The van der Waals surface area contributed by atoms with Crippen molar-refractivity contribution < 1.29 is 4.79 Å². The van der Waals surface area contributed by atoms with Gasteiger partial charge in [0.25, 0.3) is 0 Å². The Bertz CT molecular complexity index is 398. The van der Waals surface area contributed by atoms with Crippen LogP contribution in [0.25, 0.3) is 0 Å². The molecule has 0 saturated heterocycles. The van der Waals surface area contributed by atoms with Crippen LogP contribution in [0.5, 0.6) is 0 Å². The zero-order valence-electron chi connectivity index (χ0n) is 11.2. The molecule has 18 heavy (non-hydrogen) atoms. The highest BCUT2D eigenvalue weighted by atomic mass is 16.2. The van der Waals surface area contributed by atoms with Gasteiger partial charge >= 0.3 is 6.03 Å². The molecule has 0 aliphatic heterocycles. The average Bonchev–Trinajstić information content (AvgIpc) is 2.34. The fraction of sp³-hybridized carbons (Fsp3) is 0.533. The van der Waals surface area contributed by atoms with Crippen molar-refractivity contribution in [3.63, 3.8) is 0 Å². The van der Waals surface area contributed by atoms with E-state index in [2.05, 4.69) is 29.7 Å². The first kappa shape index (κ1) is 12.9. The minimum absolute atomic E-state index is 0.0482. The number of carbonyl (C=O) groups is 1. The molecule has 3 nitrogen and oxygen atoms in total. The number of amides is 2. The molecule has 2 N–H and O–H groups in total. The van der Waals surface area contributed by atoms with Crippen LogP contribution in [0.4, 0.5) is 4.79 Å². The van der Waals surface area contributed by atoms with Crippen LogP contribution in [0.15, 0.2) is 30.3 Å². The molecule has 3 heteroatoms. The van der Waals surface area contributed by atoms with Gasteiger partial charge in [0.05, 0.1) is 5.54 Å². The van der Waals surface area contributed by atoms with E-state index in [1.165, 1.54) is 12.0 Å². The van der Waals surface area contributed by atoms with Crippen molar-refractivity contribution in [1.29, 1.82) is 0 Å². The van der Waals surface area contributed by atoms with Crippen molar-refractivity contribution in [3.05, 3.63) is 35.9 Å². The van der Waals surface area contributed by atoms with E-state index in [0.717, 1.165) is 19.3 Å². The van der Waals surface area contributed by atoms with Gasteiger partial charge in [-0.3, -0.25) is 0 Å². The summed E-state index contributed by atoms with van der Waals surface area (Å²) in [6.07, 6.45) is 4.19. The monoisotopic (exact) mass is 246 g/mol. The lowest BCUT2D eigenvalue weighted by Crippen LogP contribution is -2.55. The molecule has 0 spiro atoms. The van der Waals surface area contributed by atoms with Gasteiger partial charge in [-0.2, -0.15) is 0 Å². The van der Waals surface area contributed by atoms with Crippen LogP contribution in [0, 0.1) is 0 Å². The molecule has 1 aliphatic carbocycles. The Morgan fingerprint density at radius 3 is 2.50 bits per heavy atom. The van der Waals surface area contributed by atoms with Gasteiger partial charge < -0.3 is 10.6 Å². The number of hydrogen-bond acceptors (Lipinski definition) is 1. The number of rotatable bonds is 4. The lowest BCUT2D eigenvalue weighted by atomic mass is 9.72. The zero-order valence-corrected chi connectivity index (χ0v) is 11.2. The van der Waals surface area contributed by atoms with Crippen LogP contribution >= 0.6 is 0 Å². The third-order valence-electron chi connectivity index (χ3n) is 3.88. The molecular weight excluding hydrogens is 224 g/mol. The molecular formula is C15H22N2O. The minimum atomic E-state index is -0.140. The highest BCUT2D eigenvalue weighted by Crippen LogP contribution is 2.40. The van der Waals surface area contributed by atoms with Gasteiger partial charge in [0.1, 0.15) is 0 Å². The van der Waals surface area contributed by atoms with Crippen LogP contribution in [0.1, 0.15) is 45.1 Å². The Balaban J connectivity index is 2.03. The molecule has 1 fully saturated rings. The second-order valence-corrected chi connectivity index (χ2v) is 5.21. The van der Waals surface area contributed by atoms with Crippen molar-refractivity contribution in [2.45, 2.75) is 51.1 Å². The van der Waals surface area contributed by atoms with E-state index in [9.17, 15) is 4.79 Å². The highest BCUT2D eigenvalue weighted by Gasteiger charge is 2.39. The van der Waals surface area contributed by atoms with Crippen molar-refractivity contribution >= 4 is 6.03 Å². The van der Waals surface area contributed by atoms with Gasteiger partial charge in [-0.1, -0.05) is 37.3 Å². The number of benzene rings is 1. The first-order chi connectivity index (χ1) is 8.66. The topological polar surface area (TPSA) is 41.1 Å². The number of hydrogen-bond donors (Lipinski definition) is 2. The Kier molecular flexibility index (Phi) is 3.90. The lowest BCUT2D eigenvalue weighted by Gasteiger charge is -2.43. The zero-order chi connectivity index (χ0) is 13.0. The Hall–Kier alpha value is -1.51. The van der Waals surface area contributed by atoms with E-state index in [1.54, 1.807) is 0 Å². The predicted molar refractivity (Wildman–Crippen MR) is 73.4 cm³/mol. The molecule has 0 radical (unpaired) electrons. The summed E-state index contributed by atoms with van der Waals surface area (Å²) in [7, 11) is 0. The van der Waals surface area contributed by atoms with Crippen LogP contribution in [0.3, 0.4) is 0 Å². The minimum Gasteiger partial charge on any atom is -0.336 e. The van der Waals surface area contributed by atoms with Crippen LogP contribution in [0.2, 0.25) is 0 Å². The summed E-state index contributed by atoms with van der Waals surface area (Å²) in [6, 6.07) is 10.4. The highest BCUT2D eigenvalue weighted by molar-refractivity contribution is 5.75. The Labute approximate surface area is 109 Å². The maximum atomic E-state index is 12.0. The van der Waals surface area contributed by atoms with Gasteiger partial charge in [0.15, 0.2) is 0 Å². The van der Waals surface area contributed by atoms with E-state index in [0.29, 0.717) is 0 Å². The summed E-state index contributed by atoms with van der Waals surface area (Å²) in [5.74, 6) is 0. The second kappa shape index (κ2) is 5.42. The SMILES string of the molecule is CCC(C)NC(=O)NC1(c2ccccc2)CCC1. The standard InChI is InChI=1S/C15H22N2O/c1-3-12(2)16-14(18)17-15(10-7-11-15)13-8-5-4-6-9-13/h4-6,8-9,12H,3,7,10-11H2,1-2H3,(H2,16,17,18). The Morgan fingerprint density at radius 1 is 1.33 bits per heavy atom. The summed E-state index contributed by atoms with van der Waals surface area (Å²) in [5, 5.41) is 6.13. The van der Waals surface area contributed by atoms with Crippen molar-refractivity contribution in [2.75, 3.05) is 0 Å². The van der Waals surface area contributed by atoms with E-state index in [-0.39, 0.29) is 17.6 Å². The third kappa shape index (κ3) is 2.66. The molecule has 2 rings (SSSR count). The molecule has 98 valence electrons. The second-order valence-electron chi connectivity index (χ2n) is 5.21. The van der Waals surface area contributed by atoms with Crippen molar-refractivity contribution in [1.82, 2.24) is 10.6 Å². The summed E-state index contributed by atoms with van der Waals surface area (Å²) < 4.78 is 0. The van der Waals surface area contributed by atoms with E-state index in [1.807, 2.05) is 25.1 Å². The predicted octanol–water partition coefficient (Wildman–Crippen LogP) is 3.16. The van der Waals surface area contributed by atoms with Gasteiger partial charge in [-0.05, 0) is 38.2 Å². The smallest absolute Gasteiger partial charge is 0.315 e. The molecule has 0 heterocycles. The molecule has 1 aliphatic rings. The molecule has 1 aromatic carbocycles. The van der Waals surface area contributed by atoms with Crippen molar-refractivity contribution in [2.24, 2.45) is 0 Å². The molecule has 1 unspecified atom stereocenters. The maximum absolute atomic E-state index is 12.0. The number of nitrogens with one attached hydrogen (secondary N) is 2. The number of urea groups is 1. The molecule has 0 aromatic heterocycles. The van der Waals surface area contributed by atoms with E-state index in [4.69, 9.17) is 0 Å². The molecule has 1 saturated carbocycles. The summed E-state index contributed by atoms with van der Waals surface area (Å²) in [6.45, 7) is 4.09. The molecule has 1 aromatic rings. The quantitative estimate of drug-likeness (QED) is 0.841. The summed E-state index contributed by atoms with van der Waals surface area (Å²) in [4.78, 5) is 12.0. The molecule has 1 atom stereocenters. The first-order valence-electron chi connectivity index (χ1n) is 6.80. The normalized spacial score (nSPS) is 18.6. The van der Waals surface area contributed by atoms with Gasteiger partial charge in [-0.25, -0.2) is 4.79 Å². The summed E-state index contributed by atoms with van der Waals surface area (Å²) in [5.41, 5.74) is 1.08. The molecule has 0 bridgehead atoms. The van der Waals surface area contributed by atoms with Gasteiger partial charge in [-0.15, -0.1) is 0 Å². The Morgan fingerprint density at radius 2 is 2.00 bits per heavy atom. The van der Waals surface area contributed by atoms with E-state index < -0.39 is 0 Å². The lowest BCUT2D eigenvalue weighted by molar-refractivity contribution is 0.175. The number of carbonyl (C=O) groups excluding carboxylic acids is 1. The van der Waals surface area contributed by atoms with Gasteiger partial charge in [0.2, 0.25) is 0 Å². The first-order valence-corrected chi connectivity index (χ1v) is 6.80. The third-order valence-corrected chi connectivity index (χ3v) is 3.88. The van der Waals surface area contributed by atoms with E-state index >= 15 is 0 Å². The van der Waals surface area contributed by atoms with Crippen LogP contribution in [-0.4, -0.2) is 12.1 Å².